The van der Waals surface area contributed by atoms with E-state index in [0.29, 0.717) is 6.54 Å². The van der Waals surface area contributed by atoms with Crippen LogP contribution in [0.1, 0.15) is 20.3 Å². The van der Waals surface area contributed by atoms with Crippen molar-refractivity contribution in [3.05, 3.63) is 0 Å². The van der Waals surface area contributed by atoms with E-state index in [2.05, 4.69) is 18.7 Å². The van der Waals surface area contributed by atoms with Crippen LogP contribution in [0, 0.1) is 0 Å². The maximum Gasteiger partial charge on any atom is 0.334 e. The number of hydrazine groups is 1. The van der Waals surface area contributed by atoms with Gasteiger partial charge in [0.2, 0.25) is 0 Å². The van der Waals surface area contributed by atoms with Crippen molar-refractivity contribution < 1.29 is 4.79 Å². The molecule has 1 fully saturated rings. The highest BCUT2D eigenvalue weighted by Crippen LogP contribution is 2.05. The van der Waals surface area contributed by atoms with E-state index in [0.717, 1.165) is 39.1 Å². The van der Waals surface area contributed by atoms with Gasteiger partial charge in [-0.15, -0.1) is 0 Å². The van der Waals surface area contributed by atoms with Crippen molar-refractivity contribution in [1.82, 2.24) is 14.8 Å². The van der Waals surface area contributed by atoms with E-state index in [1.54, 1.807) is 0 Å². The number of hydrogen-bond acceptors (Lipinski definition) is 3. The van der Waals surface area contributed by atoms with Crippen LogP contribution in [0.2, 0.25) is 0 Å². The second-order valence-electron chi connectivity index (χ2n) is 3.84. The quantitative estimate of drug-likeness (QED) is 0.530. The summed E-state index contributed by atoms with van der Waals surface area (Å²) in [7, 11) is 0. The molecule has 0 aliphatic carbocycles. The van der Waals surface area contributed by atoms with Crippen molar-refractivity contribution in [1.29, 1.82) is 0 Å². The number of likely N-dealkylation sites (N-methyl/N-ethyl adjacent to an activating group) is 1. The third-order valence-electron chi connectivity index (χ3n) is 2.92. The number of hydrogen-bond donors (Lipinski definition) is 1. The van der Waals surface area contributed by atoms with Gasteiger partial charge in [-0.25, -0.2) is 10.6 Å². The summed E-state index contributed by atoms with van der Waals surface area (Å²) in [5.74, 6) is 5.57. The van der Waals surface area contributed by atoms with Crippen molar-refractivity contribution >= 4 is 6.03 Å². The zero-order valence-corrected chi connectivity index (χ0v) is 9.78. The van der Waals surface area contributed by atoms with Crippen LogP contribution < -0.4 is 5.84 Å². The standard InChI is InChI=1S/C10H22N4O/c1-3-12(4-2)8-9-13-6-5-7-14(11)10(13)15/h3-9,11H2,1-2H3. The summed E-state index contributed by atoms with van der Waals surface area (Å²) in [4.78, 5) is 15.8. The highest BCUT2D eigenvalue weighted by atomic mass is 16.2. The third kappa shape index (κ3) is 3.35. The molecule has 1 aliphatic heterocycles. The van der Waals surface area contributed by atoms with Crippen molar-refractivity contribution in [2.24, 2.45) is 5.84 Å². The Kier molecular flexibility index (Phi) is 4.84. The van der Waals surface area contributed by atoms with Crippen molar-refractivity contribution in [3.8, 4) is 0 Å². The van der Waals surface area contributed by atoms with Crippen LogP contribution in [0.4, 0.5) is 4.79 Å². The second kappa shape index (κ2) is 5.92. The minimum atomic E-state index is -0.0339. The molecule has 2 amide bonds. The van der Waals surface area contributed by atoms with E-state index in [1.807, 2.05) is 4.90 Å². The molecule has 0 aromatic rings. The molecule has 0 saturated carbocycles. The van der Waals surface area contributed by atoms with Gasteiger partial charge in [-0.1, -0.05) is 13.8 Å². The Morgan fingerprint density at radius 2 is 2.00 bits per heavy atom. The minimum absolute atomic E-state index is 0.0339. The highest BCUT2D eigenvalue weighted by Gasteiger charge is 2.22. The first kappa shape index (κ1) is 12.3. The van der Waals surface area contributed by atoms with Gasteiger partial charge in [-0.2, -0.15) is 0 Å². The van der Waals surface area contributed by atoms with Gasteiger partial charge in [0.15, 0.2) is 0 Å². The Balaban J connectivity index is 2.34. The van der Waals surface area contributed by atoms with Gasteiger partial charge < -0.3 is 9.80 Å². The lowest BCUT2D eigenvalue weighted by molar-refractivity contribution is 0.123. The van der Waals surface area contributed by atoms with E-state index in [-0.39, 0.29) is 6.03 Å². The zero-order valence-electron chi connectivity index (χ0n) is 9.78. The largest absolute Gasteiger partial charge is 0.334 e. The molecule has 0 radical (unpaired) electrons. The van der Waals surface area contributed by atoms with E-state index in [9.17, 15) is 4.79 Å². The molecule has 2 N–H and O–H groups in total. The smallest absolute Gasteiger partial charge is 0.322 e. The Labute approximate surface area is 91.8 Å². The van der Waals surface area contributed by atoms with Crippen molar-refractivity contribution in [3.63, 3.8) is 0 Å². The lowest BCUT2D eigenvalue weighted by Crippen LogP contribution is -2.53. The summed E-state index contributed by atoms with van der Waals surface area (Å²) in [5, 5.41) is 1.31. The fourth-order valence-electron chi connectivity index (χ4n) is 1.81. The number of nitrogens with two attached hydrogens (primary N) is 1. The molecule has 1 rings (SSSR count). The molecule has 5 heteroatoms. The molecule has 0 aromatic heterocycles. The van der Waals surface area contributed by atoms with Crippen LogP contribution in [0.5, 0.6) is 0 Å². The number of nitrogens with zero attached hydrogens (tertiary/aromatic N) is 3. The average Bonchev–Trinajstić information content (AvgIpc) is 2.25. The number of amides is 2. The molecule has 1 heterocycles. The lowest BCUT2D eigenvalue weighted by Gasteiger charge is -2.33. The van der Waals surface area contributed by atoms with Gasteiger partial charge in [0, 0.05) is 26.2 Å². The fraction of sp³-hybridized carbons (Fsp3) is 0.900. The van der Waals surface area contributed by atoms with Gasteiger partial charge in [-0.05, 0) is 19.5 Å². The molecule has 0 spiro atoms. The summed E-state index contributed by atoms with van der Waals surface area (Å²) in [6.45, 7) is 9.58. The predicted molar refractivity (Wildman–Crippen MR) is 60.3 cm³/mol. The second-order valence-corrected chi connectivity index (χ2v) is 3.84. The van der Waals surface area contributed by atoms with E-state index >= 15 is 0 Å². The zero-order chi connectivity index (χ0) is 11.3. The first-order chi connectivity index (χ1) is 7.19. The van der Waals surface area contributed by atoms with Gasteiger partial charge in [-0.3, -0.25) is 5.01 Å². The number of rotatable bonds is 5. The van der Waals surface area contributed by atoms with Crippen LogP contribution in [0.25, 0.3) is 0 Å². The van der Waals surface area contributed by atoms with E-state index in [4.69, 9.17) is 5.84 Å². The Morgan fingerprint density at radius 3 is 2.60 bits per heavy atom. The fourth-order valence-corrected chi connectivity index (χ4v) is 1.81. The van der Waals surface area contributed by atoms with Crippen LogP contribution in [0.3, 0.4) is 0 Å². The molecule has 5 nitrogen and oxygen atoms in total. The first-order valence-electron chi connectivity index (χ1n) is 5.72. The van der Waals surface area contributed by atoms with Crippen molar-refractivity contribution in [2.75, 3.05) is 39.3 Å². The van der Waals surface area contributed by atoms with Gasteiger partial charge in [0.25, 0.3) is 0 Å². The SMILES string of the molecule is CCN(CC)CCN1CCCN(N)C1=O. The van der Waals surface area contributed by atoms with Crippen LogP contribution in [-0.4, -0.2) is 60.1 Å². The van der Waals surface area contributed by atoms with Crippen LogP contribution >= 0.6 is 0 Å². The molecule has 1 aliphatic rings. The molecule has 0 bridgehead atoms. The Bertz CT molecular complexity index is 206. The molecular weight excluding hydrogens is 192 g/mol. The summed E-state index contributed by atoms with van der Waals surface area (Å²) in [6.07, 6.45) is 0.973. The first-order valence-corrected chi connectivity index (χ1v) is 5.72. The molecular formula is C10H22N4O. The highest BCUT2D eigenvalue weighted by molar-refractivity contribution is 5.74. The summed E-state index contributed by atoms with van der Waals surface area (Å²) in [5.41, 5.74) is 0. The Morgan fingerprint density at radius 1 is 1.33 bits per heavy atom. The van der Waals surface area contributed by atoms with E-state index in [1.165, 1.54) is 5.01 Å². The summed E-state index contributed by atoms with van der Waals surface area (Å²) < 4.78 is 0. The normalized spacial score (nSPS) is 17.7. The number of carbonyl (C=O) groups is 1. The molecule has 88 valence electrons. The summed E-state index contributed by atoms with van der Waals surface area (Å²) in [6, 6.07) is -0.0339. The molecule has 15 heavy (non-hydrogen) atoms. The maximum absolute atomic E-state index is 11.6. The van der Waals surface area contributed by atoms with Crippen LogP contribution in [0.15, 0.2) is 0 Å². The van der Waals surface area contributed by atoms with Gasteiger partial charge >= 0.3 is 6.03 Å². The number of carbonyl (C=O) groups excluding carboxylic acids is 1. The van der Waals surface area contributed by atoms with Crippen LogP contribution in [-0.2, 0) is 0 Å². The van der Waals surface area contributed by atoms with Gasteiger partial charge in [0.05, 0.1) is 0 Å². The topological polar surface area (TPSA) is 52.8 Å². The monoisotopic (exact) mass is 214 g/mol. The van der Waals surface area contributed by atoms with E-state index < -0.39 is 0 Å². The molecule has 0 unspecified atom stereocenters. The predicted octanol–water partition coefficient (Wildman–Crippen LogP) is 0.330. The lowest BCUT2D eigenvalue weighted by atomic mass is 10.3. The van der Waals surface area contributed by atoms with Gasteiger partial charge in [0.1, 0.15) is 0 Å². The minimum Gasteiger partial charge on any atom is -0.322 e. The maximum atomic E-state index is 11.6. The average molecular weight is 214 g/mol. The molecule has 0 atom stereocenters. The third-order valence-corrected chi connectivity index (χ3v) is 2.92. The molecule has 0 aromatic carbocycles. The van der Waals surface area contributed by atoms with Crippen molar-refractivity contribution in [2.45, 2.75) is 20.3 Å². The number of urea groups is 1. The molecule has 1 saturated heterocycles. The summed E-state index contributed by atoms with van der Waals surface area (Å²) >= 11 is 0. The Hall–Kier alpha value is -0.810.